The van der Waals surface area contributed by atoms with Crippen molar-refractivity contribution in [2.45, 2.75) is 0 Å². The summed E-state index contributed by atoms with van der Waals surface area (Å²) in [6.45, 7) is 1.33. The van der Waals surface area contributed by atoms with E-state index in [9.17, 15) is 0 Å². The third kappa shape index (κ3) is 3.08. The molecule has 0 aromatic heterocycles. The average Bonchev–Trinajstić information content (AvgIpc) is 2.68. The second-order valence-corrected chi connectivity index (χ2v) is 6.50. The monoisotopic (exact) mass is 298 g/mol. The molecule has 2 rings (SSSR count). The number of hydrogen-bond donors (Lipinski definition) is 2. The van der Waals surface area contributed by atoms with E-state index in [-0.39, 0.29) is 0 Å². The van der Waals surface area contributed by atoms with E-state index in [4.69, 9.17) is 16.7 Å². The summed E-state index contributed by atoms with van der Waals surface area (Å²) in [5.74, 6) is 0. The Hall–Kier alpha value is -1.10. The standard InChI is InChI=1S/C12H19N4OPS/c1-13-12(19)14-8-9-17-18-15(2)10-6-4-5-7-11(10)16(18)3/h4-7H,8-9H2,1-3H3,(H2,13,14,19). The lowest BCUT2D eigenvalue weighted by atomic mass is 10.3. The molecule has 0 spiro atoms. The van der Waals surface area contributed by atoms with E-state index in [2.05, 4.69) is 58.3 Å². The second kappa shape index (κ2) is 6.37. The fourth-order valence-corrected chi connectivity index (χ4v) is 3.76. The maximum Gasteiger partial charge on any atom is 0.248 e. The lowest BCUT2D eigenvalue weighted by Gasteiger charge is -2.25. The van der Waals surface area contributed by atoms with Gasteiger partial charge in [0.25, 0.3) is 0 Å². The number of fused-ring (bicyclic) bond motifs is 1. The van der Waals surface area contributed by atoms with Gasteiger partial charge in [0.2, 0.25) is 8.45 Å². The highest BCUT2D eigenvalue weighted by atomic mass is 32.1. The van der Waals surface area contributed by atoms with Gasteiger partial charge in [-0.1, -0.05) is 12.1 Å². The molecule has 0 bridgehead atoms. The number of nitrogens with one attached hydrogen (secondary N) is 2. The quantitative estimate of drug-likeness (QED) is 0.503. The van der Waals surface area contributed by atoms with Crippen molar-refractivity contribution in [3.8, 4) is 0 Å². The van der Waals surface area contributed by atoms with Crippen LogP contribution in [0.2, 0.25) is 0 Å². The van der Waals surface area contributed by atoms with Gasteiger partial charge in [-0.25, -0.2) is 0 Å². The highest BCUT2D eigenvalue weighted by Crippen LogP contribution is 2.57. The first kappa shape index (κ1) is 14.3. The van der Waals surface area contributed by atoms with Gasteiger partial charge >= 0.3 is 0 Å². The summed E-state index contributed by atoms with van der Waals surface area (Å²) in [7, 11) is 5.17. The van der Waals surface area contributed by atoms with Crippen molar-refractivity contribution in [2.24, 2.45) is 0 Å². The first-order chi connectivity index (χ1) is 9.15. The van der Waals surface area contributed by atoms with E-state index in [1.165, 1.54) is 11.4 Å². The Morgan fingerprint density at radius 1 is 1.26 bits per heavy atom. The van der Waals surface area contributed by atoms with Crippen molar-refractivity contribution in [3.05, 3.63) is 24.3 Å². The molecule has 0 saturated heterocycles. The van der Waals surface area contributed by atoms with E-state index in [1.807, 2.05) is 0 Å². The lowest BCUT2D eigenvalue weighted by Crippen LogP contribution is -2.34. The Labute approximate surface area is 120 Å². The van der Waals surface area contributed by atoms with Crippen LogP contribution in [-0.2, 0) is 4.52 Å². The van der Waals surface area contributed by atoms with Crippen LogP contribution in [0.3, 0.4) is 0 Å². The summed E-state index contributed by atoms with van der Waals surface area (Å²) in [5.41, 5.74) is 2.43. The first-order valence-corrected chi connectivity index (χ1v) is 7.67. The highest BCUT2D eigenvalue weighted by molar-refractivity contribution is 7.80. The van der Waals surface area contributed by atoms with E-state index in [0.29, 0.717) is 18.3 Å². The van der Waals surface area contributed by atoms with Crippen LogP contribution in [0.15, 0.2) is 24.3 Å². The molecule has 0 radical (unpaired) electrons. The number of para-hydroxylation sites is 2. The maximum atomic E-state index is 5.97. The topological polar surface area (TPSA) is 39.8 Å². The molecule has 1 aromatic carbocycles. The fourth-order valence-electron chi connectivity index (χ4n) is 1.95. The Balaban J connectivity index is 1.88. The van der Waals surface area contributed by atoms with Gasteiger partial charge in [0.05, 0.1) is 18.0 Å². The zero-order chi connectivity index (χ0) is 13.8. The van der Waals surface area contributed by atoms with Gasteiger partial charge in [0.15, 0.2) is 5.11 Å². The van der Waals surface area contributed by atoms with Crippen molar-refractivity contribution >= 4 is 37.2 Å². The molecule has 0 aliphatic carbocycles. The Morgan fingerprint density at radius 3 is 2.37 bits per heavy atom. The molecule has 19 heavy (non-hydrogen) atoms. The van der Waals surface area contributed by atoms with Gasteiger partial charge in [0.1, 0.15) is 0 Å². The van der Waals surface area contributed by atoms with Gasteiger partial charge in [-0.05, 0) is 24.4 Å². The molecule has 0 amide bonds. The molecule has 0 saturated carbocycles. The fraction of sp³-hybridized carbons (Fsp3) is 0.417. The van der Waals surface area contributed by atoms with Crippen LogP contribution in [0.25, 0.3) is 0 Å². The summed E-state index contributed by atoms with van der Waals surface area (Å²) < 4.78 is 10.4. The molecule has 1 aliphatic heterocycles. The molecule has 1 aliphatic rings. The zero-order valence-electron chi connectivity index (χ0n) is 11.4. The highest BCUT2D eigenvalue weighted by Gasteiger charge is 2.32. The number of nitrogens with zero attached hydrogens (tertiary/aromatic N) is 2. The third-order valence-electron chi connectivity index (χ3n) is 2.91. The van der Waals surface area contributed by atoms with E-state index < -0.39 is 8.45 Å². The second-order valence-electron chi connectivity index (χ2n) is 4.13. The largest absolute Gasteiger partial charge is 0.366 e. The normalized spacial score (nSPS) is 14.5. The SMILES string of the molecule is CNC(=S)NCCOP1N(C)c2ccccc2N1C. The summed E-state index contributed by atoms with van der Waals surface area (Å²) in [6.07, 6.45) is 0. The molecular weight excluding hydrogens is 279 g/mol. The summed E-state index contributed by atoms with van der Waals surface area (Å²) in [4.78, 5) is 0. The third-order valence-corrected chi connectivity index (χ3v) is 5.13. The maximum absolute atomic E-state index is 5.97. The van der Waals surface area contributed by atoms with E-state index in [0.717, 1.165) is 0 Å². The molecule has 1 aromatic rings. The van der Waals surface area contributed by atoms with Crippen molar-refractivity contribution in [1.82, 2.24) is 10.6 Å². The van der Waals surface area contributed by atoms with E-state index in [1.54, 1.807) is 7.05 Å². The van der Waals surface area contributed by atoms with Crippen LogP contribution in [-0.4, -0.2) is 39.4 Å². The van der Waals surface area contributed by atoms with Gasteiger partial charge in [-0.3, -0.25) is 0 Å². The van der Waals surface area contributed by atoms with Crippen LogP contribution < -0.4 is 20.0 Å². The van der Waals surface area contributed by atoms with Crippen molar-refractivity contribution in [3.63, 3.8) is 0 Å². The average molecular weight is 298 g/mol. The summed E-state index contributed by atoms with van der Waals surface area (Å²) in [6, 6.07) is 8.33. The minimum atomic E-state index is -0.767. The molecule has 1 heterocycles. The number of hydrogen-bond acceptors (Lipinski definition) is 4. The van der Waals surface area contributed by atoms with Crippen LogP contribution in [0.4, 0.5) is 11.4 Å². The van der Waals surface area contributed by atoms with Gasteiger partial charge < -0.3 is 24.5 Å². The molecule has 7 heteroatoms. The zero-order valence-corrected chi connectivity index (χ0v) is 13.1. The molecule has 104 valence electrons. The molecular formula is C12H19N4OPS. The van der Waals surface area contributed by atoms with Crippen LogP contribution >= 0.6 is 20.7 Å². The molecule has 0 fully saturated rings. The van der Waals surface area contributed by atoms with Crippen LogP contribution in [0, 0.1) is 0 Å². The summed E-state index contributed by atoms with van der Waals surface area (Å²) >= 11 is 5.01. The minimum absolute atomic E-state index is 0.621. The smallest absolute Gasteiger partial charge is 0.248 e. The van der Waals surface area contributed by atoms with Gasteiger partial charge in [0, 0.05) is 27.7 Å². The number of thiocarbonyl (C=S) groups is 1. The van der Waals surface area contributed by atoms with Crippen molar-refractivity contribution < 1.29 is 4.52 Å². The Morgan fingerprint density at radius 2 is 1.84 bits per heavy atom. The van der Waals surface area contributed by atoms with Gasteiger partial charge in [-0.2, -0.15) is 0 Å². The Kier molecular flexibility index (Phi) is 4.80. The predicted molar refractivity (Wildman–Crippen MR) is 85.8 cm³/mol. The van der Waals surface area contributed by atoms with Crippen molar-refractivity contribution in [1.29, 1.82) is 0 Å². The van der Waals surface area contributed by atoms with Gasteiger partial charge in [-0.15, -0.1) is 0 Å². The summed E-state index contributed by atoms with van der Waals surface area (Å²) in [5, 5.41) is 6.60. The number of benzene rings is 1. The molecule has 5 nitrogen and oxygen atoms in total. The molecule has 2 N–H and O–H groups in total. The minimum Gasteiger partial charge on any atom is -0.366 e. The van der Waals surface area contributed by atoms with Crippen molar-refractivity contribution in [2.75, 3.05) is 43.6 Å². The van der Waals surface area contributed by atoms with Crippen LogP contribution in [0.5, 0.6) is 0 Å². The Bertz CT molecular complexity index is 430. The first-order valence-electron chi connectivity index (χ1n) is 6.10. The lowest BCUT2D eigenvalue weighted by molar-refractivity contribution is 0.356. The number of rotatable bonds is 4. The van der Waals surface area contributed by atoms with E-state index >= 15 is 0 Å². The molecule has 0 atom stereocenters. The predicted octanol–water partition coefficient (Wildman–Crippen LogP) is 1.91. The van der Waals surface area contributed by atoms with Crippen LogP contribution in [0.1, 0.15) is 0 Å². The number of anilines is 2. The molecule has 0 unspecified atom stereocenters.